The van der Waals surface area contributed by atoms with E-state index in [0.717, 1.165) is 53.8 Å². The fraction of sp³-hybridized carbons (Fsp3) is 0.250. The van der Waals surface area contributed by atoms with Crippen molar-refractivity contribution in [3.05, 3.63) is 59.9 Å². The lowest BCUT2D eigenvalue weighted by Gasteiger charge is -2.33. The highest BCUT2D eigenvalue weighted by Gasteiger charge is 2.18. The van der Waals surface area contributed by atoms with Crippen molar-refractivity contribution in [3.8, 4) is 22.6 Å². The van der Waals surface area contributed by atoms with Gasteiger partial charge in [0.15, 0.2) is 5.82 Å². The highest BCUT2D eigenvalue weighted by Crippen LogP contribution is 2.27. The van der Waals surface area contributed by atoms with Crippen LogP contribution >= 0.6 is 11.6 Å². The second-order valence-corrected chi connectivity index (χ2v) is 6.91. The molecule has 0 atom stereocenters. The number of halogens is 1. The van der Waals surface area contributed by atoms with E-state index in [2.05, 4.69) is 27.9 Å². The van der Waals surface area contributed by atoms with Gasteiger partial charge in [0.2, 0.25) is 0 Å². The molecule has 26 heavy (non-hydrogen) atoms. The average Bonchev–Trinajstić information content (AvgIpc) is 2.69. The summed E-state index contributed by atoms with van der Waals surface area (Å²) >= 11 is 6.04. The third-order valence-electron chi connectivity index (χ3n) is 4.60. The maximum atomic E-state index is 6.04. The van der Waals surface area contributed by atoms with E-state index in [1.54, 1.807) is 12.4 Å². The molecule has 2 aromatic heterocycles. The lowest BCUT2D eigenvalue weighted by atomic mass is 10.1. The van der Waals surface area contributed by atoms with Gasteiger partial charge in [-0.3, -0.25) is 4.98 Å². The summed E-state index contributed by atoms with van der Waals surface area (Å²) in [5.41, 5.74) is 2.83. The zero-order chi connectivity index (χ0) is 17.9. The number of rotatable bonds is 3. The second-order valence-electron chi connectivity index (χ2n) is 6.47. The molecule has 5 nitrogen and oxygen atoms in total. The lowest BCUT2D eigenvalue weighted by Crippen LogP contribution is -2.44. The smallest absolute Gasteiger partial charge is 0.163 e. The van der Waals surface area contributed by atoms with Crippen LogP contribution in [0.1, 0.15) is 0 Å². The van der Waals surface area contributed by atoms with Gasteiger partial charge >= 0.3 is 0 Å². The van der Waals surface area contributed by atoms with Crippen molar-refractivity contribution in [2.45, 2.75) is 0 Å². The van der Waals surface area contributed by atoms with Gasteiger partial charge in [0, 0.05) is 60.8 Å². The summed E-state index contributed by atoms with van der Waals surface area (Å²) in [5, 5.41) is 0.717. The van der Waals surface area contributed by atoms with Crippen molar-refractivity contribution in [1.82, 2.24) is 19.9 Å². The third kappa shape index (κ3) is 3.69. The molecule has 1 aromatic carbocycles. The molecule has 4 rings (SSSR count). The Kier molecular flexibility index (Phi) is 4.82. The molecule has 0 saturated carbocycles. The molecule has 0 aliphatic carbocycles. The standard InChI is InChI=1S/C20H20ClN5/c1-25-9-11-26(12-10-25)19-13-18(15-4-6-17(21)7-5-15)23-20(24-19)16-3-2-8-22-14-16/h2-8,13-14H,9-12H2,1H3. The molecule has 3 aromatic rings. The summed E-state index contributed by atoms with van der Waals surface area (Å²) < 4.78 is 0. The van der Waals surface area contributed by atoms with Crippen LogP contribution in [0, 0.1) is 0 Å². The van der Waals surface area contributed by atoms with Crippen molar-refractivity contribution >= 4 is 17.4 Å². The Balaban J connectivity index is 1.78. The molecule has 1 aliphatic heterocycles. The number of anilines is 1. The molecule has 0 radical (unpaired) electrons. The average molecular weight is 366 g/mol. The first-order valence-corrected chi connectivity index (χ1v) is 9.06. The molecule has 0 unspecified atom stereocenters. The Morgan fingerprint density at radius 1 is 0.923 bits per heavy atom. The minimum absolute atomic E-state index is 0.694. The number of likely N-dealkylation sites (N-methyl/N-ethyl adjacent to an activating group) is 1. The monoisotopic (exact) mass is 365 g/mol. The van der Waals surface area contributed by atoms with Crippen molar-refractivity contribution in [2.75, 3.05) is 38.1 Å². The van der Waals surface area contributed by atoms with Crippen LogP contribution in [0.4, 0.5) is 5.82 Å². The van der Waals surface area contributed by atoms with E-state index in [-0.39, 0.29) is 0 Å². The highest BCUT2D eigenvalue weighted by atomic mass is 35.5. The Bertz CT molecular complexity index is 874. The molecule has 0 amide bonds. The zero-order valence-corrected chi connectivity index (χ0v) is 15.4. The van der Waals surface area contributed by atoms with Crippen LogP contribution in [0.5, 0.6) is 0 Å². The number of hydrogen-bond donors (Lipinski definition) is 0. The minimum atomic E-state index is 0.694. The molecule has 1 aliphatic rings. The van der Waals surface area contributed by atoms with E-state index < -0.39 is 0 Å². The van der Waals surface area contributed by atoms with Gasteiger partial charge in [0.25, 0.3) is 0 Å². The Morgan fingerprint density at radius 3 is 2.38 bits per heavy atom. The van der Waals surface area contributed by atoms with Gasteiger partial charge in [-0.1, -0.05) is 23.7 Å². The van der Waals surface area contributed by atoms with Crippen LogP contribution in [0.3, 0.4) is 0 Å². The summed E-state index contributed by atoms with van der Waals surface area (Å²) in [5.74, 6) is 1.65. The van der Waals surface area contributed by atoms with E-state index in [1.165, 1.54) is 0 Å². The van der Waals surface area contributed by atoms with Gasteiger partial charge in [-0.2, -0.15) is 0 Å². The first kappa shape index (κ1) is 16.9. The first-order chi connectivity index (χ1) is 12.7. The second kappa shape index (κ2) is 7.40. The molecule has 1 fully saturated rings. The van der Waals surface area contributed by atoms with E-state index in [0.29, 0.717) is 5.82 Å². The van der Waals surface area contributed by atoms with Crippen LogP contribution in [0.2, 0.25) is 5.02 Å². The van der Waals surface area contributed by atoms with Crippen molar-refractivity contribution in [3.63, 3.8) is 0 Å². The molecule has 0 N–H and O–H groups in total. The van der Waals surface area contributed by atoms with Gasteiger partial charge < -0.3 is 9.80 Å². The van der Waals surface area contributed by atoms with Crippen LogP contribution in [-0.2, 0) is 0 Å². The fourth-order valence-corrected chi connectivity index (χ4v) is 3.15. The number of nitrogens with zero attached hydrogens (tertiary/aromatic N) is 5. The maximum absolute atomic E-state index is 6.04. The van der Waals surface area contributed by atoms with Crippen molar-refractivity contribution < 1.29 is 0 Å². The van der Waals surface area contributed by atoms with Crippen molar-refractivity contribution in [2.24, 2.45) is 0 Å². The van der Waals surface area contributed by atoms with Crippen LogP contribution < -0.4 is 4.90 Å². The van der Waals surface area contributed by atoms with E-state index in [9.17, 15) is 0 Å². The van der Waals surface area contributed by atoms with Crippen molar-refractivity contribution in [1.29, 1.82) is 0 Å². The predicted octanol–water partition coefficient (Wildman–Crippen LogP) is 3.61. The zero-order valence-electron chi connectivity index (χ0n) is 14.6. The Morgan fingerprint density at radius 2 is 1.69 bits per heavy atom. The summed E-state index contributed by atoms with van der Waals surface area (Å²) in [6.07, 6.45) is 3.56. The molecular weight excluding hydrogens is 346 g/mol. The lowest BCUT2D eigenvalue weighted by molar-refractivity contribution is 0.312. The largest absolute Gasteiger partial charge is 0.354 e. The molecular formula is C20H20ClN5. The normalized spacial score (nSPS) is 15.2. The van der Waals surface area contributed by atoms with Gasteiger partial charge in [-0.05, 0) is 31.3 Å². The van der Waals surface area contributed by atoms with Crippen LogP contribution in [-0.4, -0.2) is 53.1 Å². The molecule has 132 valence electrons. The number of benzene rings is 1. The summed E-state index contributed by atoms with van der Waals surface area (Å²) in [7, 11) is 2.15. The number of aromatic nitrogens is 3. The predicted molar refractivity (Wildman–Crippen MR) is 105 cm³/mol. The molecule has 1 saturated heterocycles. The van der Waals surface area contributed by atoms with Crippen LogP contribution in [0.25, 0.3) is 22.6 Å². The van der Waals surface area contributed by atoms with Gasteiger partial charge in [0.05, 0.1) is 5.69 Å². The van der Waals surface area contributed by atoms with Crippen LogP contribution in [0.15, 0.2) is 54.9 Å². The molecule has 6 heteroatoms. The SMILES string of the molecule is CN1CCN(c2cc(-c3ccc(Cl)cc3)nc(-c3cccnc3)n2)CC1. The molecule has 0 spiro atoms. The van der Waals surface area contributed by atoms with E-state index >= 15 is 0 Å². The minimum Gasteiger partial charge on any atom is -0.354 e. The number of piperazine rings is 1. The van der Waals surface area contributed by atoms with Gasteiger partial charge in [-0.25, -0.2) is 9.97 Å². The first-order valence-electron chi connectivity index (χ1n) is 8.68. The van der Waals surface area contributed by atoms with Gasteiger partial charge in [-0.15, -0.1) is 0 Å². The summed E-state index contributed by atoms with van der Waals surface area (Å²) in [6, 6.07) is 13.7. The quantitative estimate of drug-likeness (QED) is 0.709. The maximum Gasteiger partial charge on any atom is 0.163 e. The molecule has 3 heterocycles. The van der Waals surface area contributed by atoms with E-state index in [4.69, 9.17) is 21.6 Å². The fourth-order valence-electron chi connectivity index (χ4n) is 3.02. The topological polar surface area (TPSA) is 45.2 Å². The highest BCUT2D eigenvalue weighted by molar-refractivity contribution is 6.30. The summed E-state index contributed by atoms with van der Waals surface area (Å²) in [6.45, 7) is 3.98. The summed E-state index contributed by atoms with van der Waals surface area (Å²) in [4.78, 5) is 18.5. The number of pyridine rings is 1. The van der Waals surface area contributed by atoms with E-state index in [1.807, 2.05) is 36.4 Å². The number of hydrogen-bond acceptors (Lipinski definition) is 5. The Hall–Kier alpha value is -2.50. The molecule has 0 bridgehead atoms. The third-order valence-corrected chi connectivity index (χ3v) is 4.85. The Labute approximate surface area is 158 Å². The van der Waals surface area contributed by atoms with Gasteiger partial charge in [0.1, 0.15) is 5.82 Å².